The zero-order valence-corrected chi connectivity index (χ0v) is 17.1. The highest BCUT2D eigenvalue weighted by molar-refractivity contribution is 6.02. The summed E-state index contributed by atoms with van der Waals surface area (Å²) in [5.41, 5.74) is 3.95. The summed E-state index contributed by atoms with van der Waals surface area (Å²) in [6.07, 6.45) is -0.889. The molecule has 1 fully saturated rings. The number of methoxy groups -OCH3 is 1. The molecule has 1 unspecified atom stereocenters. The van der Waals surface area contributed by atoms with Gasteiger partial charge in [0.1, 0.15) is 11.9 Å². The lowest BCUT2D eigenvalue weighted by molar-refractivity contribution is 0.0916. The molecule has 1 N–H and O–H groups in total. The first-order valence-corrected chi connectivity index (χ1v) is 9.73. The molecule has 2 aromatic carbocycles. The highest BCUT2D eigenvalue weighted by atomic mass is 16.6. The number of nitrogens with zero attached hydrogens (tertiary/aromatic N) is 2. The Bertz CT molecular complexity index is 1110. The SMILES string of the molecule is COc1ccc2nc(C)cc(N3CC(CNC(=O)c4ccc(C)cc4)OC3=O)c2c1. The van der Waals surface area contributed by atoms with Crippen LogP contribution in [-0.4, -0.2) is 43.3 Å². The van der Waals surface area contributed by atoms with E-state index in [0.717, 1.165) is 22.2 Å². The number of benzene rings is 2. The number of fused-ring (bicyclic) bond motifs is 1. The van der Waals surface area contributed by atoms with Crippen molar-refractivity contribution in [1.29, 1.82) is 0 Å². The van der Waals surface area contributed by atoms with Gasteiger partial charge in [0, 0.05) is 16.6 Å². The van der Waals surface area contributed by atoms with Crippen molar-refractivity contribution in [2.45, 2.75) is 20.0 Å². The summed E-state index contributed by atoms with van der Waals surface area (Å²) in [5, 5.41) is 3.65. The van der Waals surface area contributed by atoms with Crippen LogP contribution < -0.4 is 15.0 Å². The van der Waals surface area contributed by atoms with E-state index in [4.69, 9.17) is 9.47 Å². The van der Waals surface area contributed by atoms with Gasteiger partial charge in [0.05, 0.1) is 31.4 Å². The van der Waals surface area contributed by atoms with E-state index in [9.17, 15) is 9.59 Å². The second-order valence-corrected chi connectivity index (χ2v) is 7.36. The van der Waals surface area contributed by atoms with Crippen LogP contribution in [-0.2, 0) is 4.74 Å². The summed E-state index contributed by atoms with van der Waals surface area (Å²) in [7, 11) is 1.60. The highest BCUT2D eigenvalue weighted by Gasteiger charge is 2.33. The Morgan fingerprint density at radius 1 is 1.20 bits per heavy atom. The minimum Gasteiger partial charge on any atom is -0.497 e. The van der Waals surface area contributed by atoms with Gasteiger partial charge in [-0.2, -0.15) is 0 Å². The first-order chi connectivity index (χ1) is 14.4. The molecule has 0 bridgehead atoms. The van der Waals surface area contributed by atoms with Crippen molar-refractivity contribution in [3.05, 3.63) is 65.4 Å². The molecular formula is C23H23N3O4. The molecular weight excluding hydrogens is 382 g/mol. The standard InChI is InChI=1S/C23H23N3O4/c1-14-4-6-16(7-5-14)22(27)24-12-18-13-26(23(28)30-18)21-10-15(2)25-20-9-8-17(29-3)11-19(20)21/h4-11,18H,12-13H2,1-3H3,(H,24,27). The van der Waals surface area contributed by atoms with Crippen LogP contribution in [0.1, 0.15) is 21.6 Å². The third-order valence-electron chi connectivity index (χ3n) is 5.09. The molecule has 3 aromatic rings. The number of carbonyl (C=O) groups is 2. The summed E-state index contributed by atoms with van der Waals surface area (Å²) in [5.74, 6) is 0.489. The number of pyridine rings is 1. The minimum absolute atomic E-state index is 0.195. The number of hydrogen-bond donors (Lipinski definition) is 1. The first-order valence-electron chi connectivity index (χ1n) is 9.73. The van der Waals surface area contributed by atoms with E-state index >= 15 is 0 Å². The fraction of sp³-hybridized carbons (Fsp3) is 0.261. The van der Waals surface area contributed by atoms with Gasteiger partial charge in [0.25, 0.3) is 5.91 Å². The van der Waals surface area contributed by atoms with Crippen molar-refractivity contribution >= 4 is 28.6 Å². The van der Waals surface area contributed by atoms with Crippen LogP contribution >= 0.6 is 0 Å². The summed E-state index contributed by atoms with van der Waals surface area (Å²) < 4.78 is 10.8. The molecule has 2 amide bonds. The fourth-order valence-corrected chi connectivity index (χ4v) is 3.50. The van der Waals surface area contributed by atoms with E-state index in [0.29, 0.717) is 23.5 Å². The Hall–Kier alpha value is -3.61. The second kappa shape index (κ2) is 8.02. The van der Waals surface area contributed by atoms with Crippen LogP contribution in [0.15, 0.2) is 48.5 Å². The van der Waals surface area contributed by atoms with E-state index < -0.39 is 12.2 Å². The van der Waals surface area contributed by atoms with Gasteiger partial charge in [-0.25, -0.2) is 4.79 Å². The maximum atomic E-state index is 12.6. The molecule has 154 valence electrons. The molecule has 1 aromatic heterocycles. The number of amides is 2. The van der Waals surface area contributed by atoms with Crippen molar-refractivity contribution < 1.29 is 19.1 Å². The molecule has 1 saturated heterocycles. The minimum atomic E-state index is -0.445. The molecule has 30 heavy (non-hydrogen) atoms. The lowest BCUT2D eigenvalue weighted by atomic mass is 10.1. The number of aromatic nitrogens is 1. The van der Waals surface area contributed by atoms with Gasteiger partial charge in [-0.1, -0.05) is 17.7 Å². The number of cyclic esters (lactones) is 1. The second-order valence-electron chi connectivity index (χ2n) is 7.36. The molecule has 0 radical (unpaired) electrons. The van der Waals surface area contributed by atoms with Gasteiger partial charge in [0.2, 0.25) is 0 Å². The van der Waals surface area contributed by atoms with E-state index in [1.807, 2.05) is 50.2 Å². The third-order valence-corrected chi connectivity index (χ3v) is 5.09. The lowest BCUT2D eigenvalue weighted by Crippen LogP contribution is -2.34. The van der Waals surface area contributed by atoms with Crippen molar-refractivity contribution in [2.75, 3.05) is 25.1 Å². The number of hydrogen-bond acceptors (Lipinski definition) is 5. The molecule has 0 saturated carbocycles. The maximum absolute atomic E-state index is 12.6. The predicted octanol–water partition coefficient (Wildman–Crippen LogP) is 3.62. The van der Waals surface area contributed by atoms with E-state index in [2.05, 4.69) is 10.3 Å². The quantitative estimate of drug-likeness (QED) is 0.701. The third kappa shape index (κ3) is 3.91. The van der Waals surface area contributed by atoms with Gasteiger partial charge < -0.3 is 14.8 Å². The van der Waals surface area contributed by atoms with Crippen molar-refractivity contribution in [3.8, 4) is 5.75 Å². The average molecular weight is 405 g/mol. The predicted molar refractivity (Wildman–Crippen MR) is 114 cm³/mol. The maximum Gasteiger partial charge on any atom is 0.414 e. The van der Waals surface area contributed by atoms with Crippen LogP contribution in [0.3, 0.4) is 0 Å². The largest absolute Gasteiger partial charge is 0.497 e. The van der Waals surface area contributed by atoms with Gasteiger partial charge in [-0.05, 0) is 50.2 Å². The van der Waals surface area contributed by atoms with E-state index in [-0.39, 0.29) is 12.5 Å². The molecule has 1 aliphatic rings. The van der Waals surface area contributed by atoms with Crippen LogP contribution in [0, 0.1) is 13.8 Å². The average Bonchev–Trinajstić information content (AvgIpc) is 3.12. The zero-order chi connectivity index (χ0) is 21.3. The number of rotatable bonds is 5. The molecule has 1 aliphatic heterocycles. The monoisotopic (exact) mass is 405 g/mol. The van der Waals surface area contributed by atoms with Crippen molar-refractivity contribution in [1.82, 2.24) is 10.3 Å². The van der Waals surface area contributed by atoms with Crippen LogP contribution in [0.2, 0.25) is 0 Å². The Kier molecular flexibility index (Phi) is 5.27. The fourth-order valence-electron chi connectivity index (χ4n) is 3.50. The normalized spacial score (nSPS) is 15.9. The Morgan fingerprint density at radius 2 is 1.97 bits per heavy atom. The molecule has 0 aliphatic carbocycles. The van der Waals surface area contributed by atoms with Crippen molar-refractivity contribution in [2.24, 2.45) is 0 Å². The number of nitrogens with one attached hydrogen (secondary N) is 1. The topological polar surface area (TPSA) is 80.8 Å². The summed E-state index contributed by atoms with van der Waals surface area (Å²) >= 11 is 0. The number of ether oxygens (including phenoxy) is 2. The number of carbonyl (C=O) groups excluding carboxylic acids is 2. The van der Waals surface area contributed by atoms with Crippen molar-refractivity contribution in [3.63, 3.8) is 0 Å². The number of anilines is 1. The highest BCUT2D eigenvalue weighted by Crippen LogP contribution is 2.32. The molecule has 4 rings (SSSR count). The smallest absolute Gasteiger partial charge is 0.414 e. The van der Waals surface area contributed by atoms with Gasteiger partial charge in [0.15, 0.2) is 0 Å². The first kappa shape index (κ1) is 19.7. The molecule has 2 heterocycles. The Labute approximate surface area is 174 Å². The summed E-state index contributed by atoms with van der Waals surface area (Å²) in [6.45, 7) is 4.42. The molecule has 7 nitrogen and oxygen atoms in total. The summed E-state index contributed by atoms with van der Waals surface area (Å²) in [4.78, 5) is 31.1. The van der Waals surface area contributed by atoms with E-state index in [1.54, 1.807) is 24.1 Å². The Morgan fingerprint density at radius 3 is 2.70 bits per heavy atom. The van der Waals surface area contributed by atoms with Gasteiger partial charge in [-0.15, -0.1) is 0 Å². The lowest BCUT2D eigenvalue weighted by Gasteiger charge is -2.17. The Balaban J connectivity index is 1.51. The molecule has 7 heteroatoms. The van der Waals surface area contributed by atoms with Gasteiger partial charge >= 0.3 is 6.09 Å². The zero-order valence-electron chi connectivity index (χ0n) is 17.1. The van der Waals surface area contributed by atoms with Crippen LogP contribution in [0.4, 0.5) is 10.5 Å². The molecule has 1 atom stereocenters. The summed E-state index contributed by atoms with van der Waals surface area (Å²) in [6, 6.07) is 14.7. The van der Waals surface area contributed by atoms with E-state index in [1.165, 1.54) is 0 Å². The van der Waals surface area contributed by atoms with Crippen LogP contribution in [0.5, 0.6) is 5.75 Å². The van der Waals surface area contributed by atoms with Gasteiger partial charge in [-0.3, -0.25) is 14.7 Å². The molecule has 0 spiro atoms. The van der Waals surface area contributed by atoms with Crippen LogP contribution in [0.25, 0.3) is 10.9 Å². The number of aryl methyl sites for hydroxylation is 2.